The molecule has 0 aliphatic rings. The Labute approximate surface area is 119 Å². The number of rotatable bonds is 3. The topological polar surface area (TPSA) is 71.1 Å². The van der Waals surface area contributed by atoms with E-state index in [4.69, 9.17) is 0 Å². The summed E-state index contributed by atoms with van der Waals surface area (Å²) >= 11 is 0. The number of hydrogen-bond donors (Lipinski definition) is 2. The number of hydrogen-bond acceptors (Lipinski definition) is 3. The van der Waals surface area contributed by atoms with Crippen molar-refractivity contribution in [3.05, 3.63) is 59.9 Å². The van der Waals surface area contributed by atoms with E-state index in [2.05, 4.69) is 15.6 Å². The molecule has 0 saturated carbocycles. The maximum Gasteiger partial charge on any atom is 0.313 e. The van der Waals surface area contributed by atoms with Crippen LogP contribution in [0.2, 0.25) is 0 Å². The summed E-state index contributed by atoms with van der Waals surface area (Å²) in [7, 11) is 0. The number of halogens is 2. The fraction of sp³-hybridized carbons (Fsp3) is 0.0714. The van der Waals surface area contributed by atoms with Crippen molar-refractivity contribution in [2.24, 2.45) is 0 Å². The van der Waals surface area contributed by atoms with Crippen molar-refractivity contribution in [3.8, 4) is 0 Å². The van der Waals surface area contributed by atoms with Gasteiger partial charge in [-0.2, -0.15) is 0 Å². The second-order valence-corrected chi connectivity index (χ2v) is 4.13. The van der Waals surface area contributed by atoms with E-state index in [1.807, 2.05) is 0 Å². The number of nitrogens with zero attached hydrogens (tertiary/aromatic N) is 1. The van der Waals surface area contributed by atoms with Gasteiger partial charge in [-0.25, -0.2) is 8.78 Å². The highest BCUT2D eigenvalue weighted by atomic mass is 19.2. The zero-order valence-electron chi connectivity index (χ0n) is 10.8. The van der Waals surface area contributed by atoms with Crippen molar-refractivity contribution in [1.29, 1.82) is 0 Å². The lowest BCUT2D eigenvalue weighted by molar-refractivity contribution is -0.136. The number of amides is 2. The average Bonchev–Trinajstić information content (AvgIpc) is 2.49. The Hall–Kier alpha value is -2.83. The highest BCUT2D eigenvalue weighted by molar-refractivity contribution is 6.39. The number of carbonyl (C=O) groups is 2. The molecular weight excluding hydrogens is 280 g/mol. The lowest BCUT2D eigenvalue weighted by Gasteiger charge is -2.06. The molecule has 0 bridgehead atoms. The molecule has 1 aromatic carbocycles. The largest absolute Gasteiger partial charge is 0.344 e. The standard InChI is InChI=1S/C14H11F2N3O2/c15-11-4-3-10(6-12(11)16)19-14(21)13(20)18-8-9-2-1-5-17-7-9/h1-7H,8H2,(H,18,20)(H,19,21). The lowest BCUT2D eigenvalue weighted by Crippen LogP contribution is -2.35. The molecule has 0 aliphatic heterocycles. The van der Waals surface area contributed by atoms with Crippen LogP contribution in [-0.4, -0.2) is 16.8 Å². The van der Waals surface area contributed by atoms with E-state index in [0.717, 1.165) is 23.8 Å². The van der Waals surface area contributed by atoms with Gasteiger partial charge in [0.25, 0.3) is 0 Å². The van der Waals surface area contributed by atoms with Crippen molar-refractivity contribution < 1.29 is 18.4 Å². The summed E-state index contributed by atoms with van der Waals surface area (Å²) < 4.78 is 25.7. The highest BCUT2D eigenvalue weighted by Gasteiger charge is 2.14. The second kappa shape index (κ2) is 6.56. The van der Waals surface area contributed by atoms with Crippen LogP contribution in [0.4, 0.5) is 14.5 Å². The van der Waals surface area contributed by atoms with Gasteiger partial charge in [-0.3, -0.25) is 14.6 Å². The van der Waals surface area contributed by atoms with E-state index in [1.165, 1.54) is 0 Å². The summed E-state index contributed by atoms with van der Waals surface area (Å²) in [5, 5.41) is 4.56. The maximum absolute atomic E-state index is 13.0. The third-order valence-electron chi connectivity index (χ3n) is 2.56. The molecule has 0 aliphatic carbocycles. The molecule has 108 valence electrons. The van der Waals surface area contributed by atoms with Crippen LogP contribution in [0.15, 0.2) is 42.7 Å². The first-order valence-corrected chi connectivity index (χ1v) is 5.99. The van der Waals surface area contributed by atoms with Crippen LogP contribution in [-0.2, 0) is 16.1 Å². The predicted molar refractivity (Wildman–Crippen MR) is 71.1 cm³/mol. The number of carbonyl (C=O) groups excluding carboxylic acids is 2. The summed E-state index contributed by atoms with van der Waals surface area (Å²) in [6.45, 7) is 0.137. The van der Waals surface area contributed by atoms with Crippen molar-refractivity contribution in [1.82, 2.24) is 10.3 Å². The van der Waals surface area contributed by atoms with E-state index < -0.39 is 23.4 Å². The van der Waals surface area contributed by atoms with Crippen LogP contribution in [0.3, 0.4) is 0 Å². The number of pyridine rings is 1. The van der Waals surface area contributed by atoms with Gasteiger partial charge in [0, 0.05) is 30.7 Å². The Morgan fingerprint density at radius 1 is 1.10 bits per heavy atom. The monoisotopic (exact) mass is 291 g/mol. The molecule has 0 saturated heterocycles. The number of benzene rings is 1. The minimum atomic E-state index is -1.11. The normalized spacial score (nSPS) is 10.0. The fourth-order valence-electron chi connectivity index (χ4n) is 1.53. The van der Waals surface area contributed by atoms with Gasteiger partial charge in [0.1, 0.15) is 0 Å². The van der Waals surface area contributed by atoms with Gasteiger partial charge in [-0.15, -0.1) is 0 Å². The Morgan fingerprint density at radius 2 is 1.90 bits per heavy atom. The van der Waals surface area contributed by atoms with E-state index >= 15 is 0 Å². The summed E-state index contributed by atoms with van der Waals surface area (Å²) in [4.78, 5) is 27.0. The first-order valence-electron chi connectivity index (χ1n) is 5.99. The number of aromatic nitrogens is 1. The van der Waals surface area contributed by atoms with Crippen LogP contribution < -0.4 is 10.6 Å². The van der Waals surface area contributed by atoms with Crippen molar-refractivity contribution >= 4 is 17.5 Å². The van der Waals surface area contributed by atoms with Crippen LogP contribution in [0.1, 0.15) is 5.56 Å². The molecular formula is C14H11F2N3O2. The molecule has 0 unspecified atom stereocenters. The summed E-state index contributed by atoms with van der Waals surface area (Å²) in [6, 6.07) is 6.24. The SMILES string of the molecule is O=C(NCc1cccnc1)C(=O)Nc1ccc(F)c(F)c1. The van der Waals surface area contributed by atoms with Crippen LogP contribution in [0.5, 0.6) is 0 Å². The maximum atomic E-state index is 13.0. The van der Waals surface area contributed by atoms with Crippen molar-refractivity contribution in [2.75, 3.05) is 5.32 Å². The Balaban J connectivity index is 1.90. The molecule has 1 heterocycles. The summed E-state index contributed by atoms with van der Waals surface area (Å²) in [6.07, 6.45) is 3.13. The van der Waals surface area contributed by atoms with E-state index in [0.29, 0.717) is 0 Å². The van der Waals surface area contributed by atoms with E-state index in [-0.39, 0.29) is 12.2 Å². The molecule has 0 fully saturated rings. The predicted octanol–water partition coefficient (Wildman–Crippen LogP) is 1.61. The quantitative estimate of drug-likeness (QED) is 0.844. The first kappa shape index (κ1) is 14.6. The summed E-state index contributed by atoms with van der Waals surface area (Å²) in [5.41, 5.74) is 0.724. The van der Waals surface area contributed by atoms with Crippen molar-refractivity contribution in [2.45, 2.75) is 6.54 Å². The number of nitrogens with one attached hydrogen (secondary N) is 2. The smallest absolute Gasteiger partial charge is 0.313 e. The van der Waals surface area contributed by atoms with Gasteiger partial charge in [0.15, 0.2) is 11.6 Å². The van der Waals surface area contributed by atoms with Gasteiger partial charge in [0.2, 0.25) is 0 Å². The Kier molecular flexibility index (Phi) is 4.55. The molecule has 2 N–H and O–H groups in total. The zero-order chi connectivity index (χ0) is 15.2. The van der Waals surface area contributed by atoms with Crippen molar-refractivity contribution in [3.63, 3.8) is 0 Å². The van der Waals surface area contributed by atoms with E-state index in [9.17, 15) is 18.4 Å². The van der Waals surface area contributed by atoms with Crippen LogP contribution in [0, 0.1) is 11.6 Å². The van der Waals surface area contributed by atoms with Crippen LogP contribution >= 0.6 is 0 Å². The molecule has 2 amide bonds. The minimum Gasteiger partial charge on any atom is -0.344 e. The van der Waals surface area contributed by atoms with Gasteiger partial charge < -0.3 is 10.6 Å². The number of anilines is 1. The molecule has 0 radical (unpaired) electrons. The Bertz CT molecular complexity index is 663. The third kappa shape index (κ3) is 4.07. The zero-order valence-corrected chi connectivity index (χ0v) is 10.8. The van der Waals surface area contributed by atoms with Gasteiger partial charge in [0.05, 0.1) is 0 Å². The third-order valence-corrected chi connectivity index (χ3v) is 2.56. The fourth-order valence-corrected chi connectivity index (χ4v) is 1.53. The minimum absolute atomic E-state index is 0.00423. The highest BCUT2D eigenvalue weighted by Crippen LogP contribution is 2.12. The Morgan fingerprint density at radius 3 is 2.57 bits per heavy atom. The molecule has 5 nitrogen and oxygen atoms in total. The molecule has 21 heavy (non-hydrogen) atoms. The lowest BCUT2D eigenvalue weighted by atomic mass is 10.3. The molecule has 2 rings (SSSR count). The molecule has 0 spiro atoms. The van der Waals surface area contributed by atoms with Gasteiger partial charge in [-0.1, -0.05) is 6.07 Å². The average molecular weight is 291 g/mol. The molecule has 1 aromatic heterocycles. The van der Waals surface area contributed by atoms with Gasteiger partial charge in [-0.05, 0) is 23.8 Å². The molecule has 0 atom stereocenters. The van der Waals surface area contributed by atoms with Gasteiger partial charge >= 0.3 is 11.8 Å². The van der Waals surface area contributed by atoms with Crippen LogP contribution in [0.25, 0.3) is 0 Å². The second-order valence-electron chi connectivity index (χ2n) is 4.13. The summed E-state index contributed by atoms with van der Waals surface area (Å²) in [5.74, 6) is -3.99. The molecule has 7 heteroatoms. The first-order chi connectivity index (χ1) is 10.1. The molecule has 2 aromatic rings. The van der Waals surface area contributed by atoms with E-state index in [1.54, 1.807) is 24.5 Å².